The van der Waals surface area contributed by atoms with E-state index in [0.717, 1.165) is 10.9 Å². The molecule has 1 rings (SSSR count). The maximum absolute atomic E-state index is 9.19. The average molecular weight is 257 g/mol. The van der Waals surface area contributed by atoms with E-state index < -0.39 is 0 Å². The molecule has 1 nitrogen and oxygen atoms in total. The zero-order valence-electron chi connectivity index (χ0n) is 8.97. The summed E-state index contributed by atoms with van der Waals surface area (Å²) in [5.74, 6) is 0. The normalized spacial score (nSPS) is 11.8. The molecule has 78 valence electrons. The predicted molar refractivity (Wildman–Crippen MR) is 63.4 cm³/mol. The Labute approximate surface area is 94.3 Å². The Morgan fingerprint density at radius 2 is 2.00 bits per heavy atom. The lowest BCUT2D eigenvalue weighted by atomic mass is 9.86. The number of aryl methyl sites for hydroxylation is 1. The van der Waals surface area contributed by atoms with Gasteiger partial charge in [-0.05, 0) is 36.0 Å². The van der Waals surface area contributed by atoms with Crippen LogP contribution in [0.5, 0.6) is 0 Å². The van der Waals surface area contributed by atoms with Gasteiger partial charge in [-0.15, -0.1) is 0 Å². The fourth-order valence-electron chi connectivity index (χ4n) is 1.37. The molecule has 0 unspecified atom stereocenters. The molecule has 0 aliphatic rings. The first-order valence-electron chi connectivity index (χ1n) is 4.80. The smallest absolute Gasteiger partial charge is 0.0485 e. The van der Waals surface area contributed by atoms with Gasteiger partial charge in [-0.2, -0.15) is 0 Å². The van der Waals surface area contributed by atoms with Crippen LogP contribution in [0.15, 0.2) is 22.7 Å². The highest BCUT2D eigenvalue weighted by Gasteiger charge is 2.18. The third-order valence-electron chi connectivity index (χ3n) is 2.31. The quantitative estimate of drug-likeness (QED) is 0.880. The summed E-state index contributed by atoms with van der Waals surface area (Å²) in [5.41, 5.74) is 2.47. The van der Waals surface area contributed by atoms with Crippen molar-refractivity contribution in [1.29, 1.82) is 0 Å². The van der Waals surface area contributed by atoms with Crippen LogP contribution in [0.2, 0.25) is 0 Å². The van der Waals surface area contributed by atoms with Crippen molar-refractivity contribution in [2.45, 2.75) is 27.2 Å². The van der Waals surface area contributed by atoms with Gasteiger partial charge >= 0.3 is 0 Å². The number of aliphatic hydroxyl groups is 1. The topological polar surface area (TPSA) is 20.2 Å². The van der Waals surface area contributed by atoms with Crippen LogP contribution in [0, 0.1) is 12.3 Å². The first-order chi connectivity index (χ1) is 6.44. The van der Waals surface area contributed by atoms with Crippen molar-refractivity contribution in [3.63, 3.8) is 0 Å². The molecule has 0 heterocycles. The van der Waals surface area contributed by atoms with Crippen LogP contribution in [-0.2, 0) is 6.42 Å². The number of halogens is 1. The molecule has 0 aliphatic carbocycles. The summed E-state index contributed by atoms with van der Waals surface area (Å²) < 4.78 is 1.14. The van der Waals surface area contributed by atoms with Gasteiger partial charge in [0.15, 0.2) is 0 Å². The van der Waals surface area contributed by atoms with Crippen molar-refractivity contribution in [2.24, 2.45) is 5.41 Å². The zero-order chi connectivity index (χ0) is 10.8. The van der Waals surface area contributed by atoms with Crippen LogP contribution in [-0.4, -0.2) is 11.7 Å². The second-order valence-electron chi connectivity index (χ2n) is 4.59. The molecule has 1 aromatic rings. The summed E-state index contributed by atoms with van der Waals surface area (Å²) in [6.07, 6.45) is 0.893. The lowest BCUT2D eigenvalue weighted by Gasteiger charge is -2.22. The van der Waals surface area contributed by atoms with Gasteiger partial charge in [0.2, 0.25) is 0 Å². The lowest BCUT2D eigenvalue weighted by molar-refractivity contribution is 0.159. The Balaban J connectivity index is 2.87. The summed E-state index contributed by atoms with van der Waals surface area (Å²) in [7, 11) is 0. The Bertz CT molecular complexity index is 318. The van der Waals surface area contributed by atoms with Gasteiger partial charge < -0.3 is 5.11 Å². The number of hydrogen-bond acceptors (Lipinski definition) is 1. The SMILES string of the molecule is Cc1ccc(CC(C)(C)CO)c(Br)c1. The van der Waals surface area contributed by atoms with Crippen molar-refractivity contribution in [2.75, 3.05) is 6.61 Å². The van der Waals surface area contributed by atoms with Crippen molar-refractivity contribution >= 4 is 15.9 Å². The van der Waals surface area contributed by atoms with Gasteiger partial charge in [0.05, 0.1) is 0 Å². The van der Waals surface area contributed by atoms with Crippen molar-refractivity contribution in [3.8, 4) is 0 Å². The van der Waals surface area contributed by atoms with E-state index in [1.54, 1.807) is 0 Å². The minimum absolute atomic E-state index is 0.0439. The lowest BCUT2D eigenvalue weighted by Crippen LogP contribution is -2.19. The molecule has 0 aliphatic heterocycles. The fraction of sp³-hybridized carbons (Fsp3) is 0.500. The van der Waals surface area contributed by atoms with E-state index in [9.17, 15) is 5.11 Å². The van der Waals surface area contributed by atoms with Crippen LogP contribution in [0.25, 0.3) is 0 Å². The molecule has 0 fully saturated rings. The van der Waals surface area contributed by atoms with Crippen LogP contribution < -0.4 is 0 Å². The predicted octanol–water partition coefficient (Wildman–Crippen LogP) is 3.32. The molecule has 0 atom stereocenters. The van der Waals surface area contributed by atoms with E-state index in [-0.39, 0.29) is 12.0 Å². The third-order valence-corrected chi connectivity index (χ3v) is 3.04. The molecule has 1 aromatic carbocycles. The average Bonchev–Trinajstić information content (AvgIpc) is 2.10. The van der Waals surface area contributed by atoms with Crippen LogP contribution in [0.1, 0.15) is 25.0 Å². The first kappa shape index (κ1) is 11.7. The molecular formula is C12H17BrO. The van der Waals surface area contributed by atoms with Gasteiger partial charge in [0.25, 0.3) is 0 Å². The number of benzene rings is 1. The molecule has 14 heavy (non-hydrogen) atoms. The molecule has 0 bridgehead atoms. The second kappa shape index (κ2) is 4.45. The minimum atomic E-state index is -0.0439. The van der Waals surface area contributed by atoms with E-state index >= 15 is 0 Å². The molecule has 2 heteroatoms. The summed E-state index contributed by atoms with van der Waals surface area (Å²) in [6.45, 7) is 6.43. The summed E-state index contributed by atoms with van der Waals surface area (Å²) in [6, 6.07) is 6.34. The highest BCUT2D eigenvalue weighted by atomic mass is 79.9. The monoisotopic (exact) mass is 256 g/mol. The summed E-state index contributed by atoms with van der Waals surface area (Å²) in [5, 5.41) is 9.19. The maximum Gasteiger partial charge on any atom is 0.0485 e. The standard InChI is InChI=1S/C12H17BrO/c1-9-4-5-10(11(13)6-9)7-12(2,3)8-14/h4-6,14H,7-8H2,1-3H3. The van der Waals surface area contributed by atoms with Crippen molar-refractivity contribution < 1.29 is 5.11 Å². The van der Waals surface area contributed by atoms with E-state index in [4.69, 9.17) is 0 Å². The molecule has 1 N–H and O–H groups in total. The van der Waals surface area contributed by atoms with E-state index in [1.807, 2.05) is 0 Å². The van der Waals surface area contributed by atoms with E-state index in [1.165, 1.54) is 11.1 Å². The molecule has 0 amide bonds. The van der Waals surface area contributed by atoms with Crippen molar-refractivity contribution in [3.05, 3.63) is 33.8 Å². The van der Waals surface area contributed by atoms with Crippen LogP contribution in [0.4, 0.5) is 0 Å². The number of rotatable bonds is 3. The zero-order valence-corrected chi connectivity index (χ0v) is 10.6. The maximum atomic E-state index is 9.19. The van der Waals surface area contributed by atoms with Crippen LogP contribution >= 0.6 is 15.9 Å². The number of hydrogen-bond donors (Lipinski definition) is 1. The number of aliphatic hydroxyl groups excluding tert-OH is 1. The molecular weight excluding hydrogens is 240 g/mol. The Hall–Kier alpha value is -0.340. The molecule has 0 saturated carbocycles. The summed E-state index contributed by atoms with van der Waals surface area (Å²) in [4.78, 5) is 0. The van der Waals surface area contributed by atoms with Gasteiger partial charge in [0, 0.05) is 11.1 Å². The molecule has 0 saturated heterocycles. The van der Waals surface area contributed by atoms with Gasteiger partial charge in [-0.1, -0.05) is 41.9 Å². The highest BCUT2D eigenvalue weighted by Crippen LogP contribution is 2.26. The largest absolute Gasteiger partial charge is 0.396 e. The van der Waals surface area contributed by atoms with Crippen molar-refractivity contribution in [1.82, 2.24) is 0 Å². The van der Waals surface area contributed by atoms with E-state index in [2.05, 4.69) is 54.9 Å². The van der Waals surface area contributed by atoms with E-state index in [0.29, 0.717) is 0 Å². The third kappa shape index (κ3) is 3.10. The summed E-state index contributed by atoms with van der Waals surface area (Å²) >= 11 is 3.55. The fourth-order valence-corrected chi connectivity index (χ4v) is 2.00. The molecule has 0 radical (unpaired) electrons. The molecule has 0 spiro atoms. The Morgan fingerprint density at radius 1 is 1.36 bits per heavy atom. The van der Waals surface area contributed by atoms with Crippen LogP contribution in [0.3, 0.4) is 0 Å². The Kier molecular flexibility index (Phi) is 3.73. The second-order valence-corrected chi connectivity index (χ2v) is 5.45. The molecule has 0 aromatic heterocycles. The highest BCUT2D eigenvalue weighted by molar-refractivity contribution is 9.10. The van der Waals surface area contributed by atoms with Gasteiger partial charge in [0.1, 0.15) is 0 Å². The Morgan fingerprint density at radius 3 is 2.50 bits per heavy atom. The van der Waals surface area contributed by atoms with Gasteiger partial charge in [-0.3, -0.25) is 0 Å². The minimum Gasteiger partial charge on any atom is -0.396 e. The first-order valence-corrected chi connectivity index (χ1v) is 5.60. The van der Waals surface area contributed by atoms with Gasteiger partial charge in [-0.25, -0.2) is 0 Å².